The maximum atomic E-state index is 8.98. The van der Waals surface area contributed by atoms with Gasteiger partial charge in [0.1, 0.15) is 0 Å². The molecular formula is C4H8Cl2O3. The first-order valence-electron chi connectivity index (χ1n) is 2.14. The van der Waals surface area contributed by atoms with Crippen molar-refractivity contribution in [3.05, 3.63) is 0 Å². The lowest BCUT2D eigenvalue weighted by molar-refractivity contribution is 0.110. The summed E-state index contributed by atoms with van der Waals surface area (Å²) in [6.07, 6.45) is -0.560. The SMILES string of the molecule is CC(O)CO.O=C(Cl)Cl. The average Bonchev–Trinajstić information content (AvgIpc) is 1.65. The van der Waals surface area contributed by atoms with E-state index in [0.717, 1.165) is 0 Å². The summed E-state index contributed by atoms with van der Waals surface area (Å²) in [5.41, 5.74) is 0. The summed E-state index contributed by atoms with van der Waals surface area (Å²) in [7, 11) is 0. The topological polar surface area (TPSA) is 57.5 Å². The van der Waals surface area contributed by atoms with Crippen LogP contribution in [0.4, 0.5) is 4.79 Å². The van der Waals surface area contributed by atoms with Crippen molar-refractivity contribution < 1.29 is 15.0 Å². The smallest absolute Gasteiger partial charge is 0.313 e. The first-order chi connectivity index (χ1) is 4.00. The second kappa shape index (κ2) is 8.17. The lowest BCUT2D eigenvalue weighted by atomic mass is 10.5. The molecule has 0 aliphatic rings. The van der Waals surface area contributed by atoms with Crippen molar-refractivity contribution in [3.8, 4) is 0 Å². The van der Waals surface area contributed by atoms with Crippen LogP contribution in [0.15, 0.2) is 0 Å². The van der Waals surface area contributed by atoms with E-state index in [9.17, 15) is 0 Å². The number of halogens is 2. The predicted octanol–water partition coefficient (Wildman–Crippen LogP) is 0.944. The van der Waals surface area contributed by atoms with Gasteiger partial charge >= 0.3 is 4.70 Å². The Morgan fingerprint density at radius 3 is 1.78 bits per heavy atom. The van der Waals surface area contributed by atoms with E-state index in [4.69, 9.17) is 15.0 Å². The Morgan fingerprint density at radius 1 is 1.67 bits per heavy atom. The standard InChI is InChI=1S/C3H8O2.CCl2O/c1-3(5)2-4;2-1(3)4/h3-5H,2H2,1H3;. The van der Waals surface area contributed by atoms with Crippen LogP contribution in [0.1, 0.15) is 6.92 Å². The van der Waals surface area contributed by atoms with Crippen molar-refractivity contribution in [3.63, 3.8) is 0 Å². The second-order valence-electron chi connectivity index (χ2n) is 1.26. The first kappa shape index (κ1) is 11.9. The van der Waals surface area contributed by atoms with Gasteiger partial charge < -0.3 is 10.2 Å². The lowest BCUT2D eigenvalue weighted by Crippen LogP contribution is -2.03. The molecule has 9 heavy (non-hydrogen) atoms. The van der Waals surface area contributed by atoms with E-state index < -0.39 is 10.8 Å². The molecule has 0 aliphatic heterocycles. The van der Waals surface area contributed by atoms with Gasteiger partial charge in [0.25, 0.3) is 0 Å². The molecule has 0 saturated heterocycles. The molecule has 1 unspecified atom stereocenters. The van der Waals surface area contributed by atoms with Gasteiger partial charge in [0.2, 0.25) is 0 Å². The molecule has 0 aromatic carbocycles. The van der Waals surface area contributed by atoms with Gasteiger partial charge in [0.05, 0.1) is 12.7 Å². The molecule has 0 fully saturated rings. The van der Waals surface area contributed by atoms with Crippen LogP contribution < -0.4 is 0 Å². The summed E-state index contributed by atoms with van der Waals surface area (Å²) in [6, 6.07) is 0. The molecule has 5 heteroatoms. The maximum Gasteiger partial charge on any atom is 0.313 e. The van der Waals surface area contributed by atoms with Crippen LogP contribution in [-0.4, -0.2) is 27.6 Å². The molecule has 0 aliphatic carbocycles. The molecule has 2 N–H and O–H groups in total. The van der Waals surface area contributed by atoms with Crippen molar-refractivity contribution in [1.82, 2.24) is 0 Å². The van der Waals surface area contributed by atoms with Crippen molar-refractivity contribution >= 4 is 27.9 Å². The van der Waals surface area contributed by atoms with Crippen molar-refractivity contribution in [1.29, 1.82) is 0 Å². The number of hydrogen-bond acceptors (Lipinski definition) is 3. The Bertz CT molecular complexity index is 70.2. The van der Waals surface area contributed by atoms with E-state index in [-0.39, 0.29) is 6.61 Å². The average molecular weight is 175 g/mol. The maximum absolute atomic E-state index is 8.98. The molecule has 0 rings (SSSR count). The predicted molar refractivity (Wildman–Crippen MR) is 35.9 cm³/mol. The molecule has 56 valence electrons. The molecule has 3 nitrogen and oxygen atoms in total. The fraction of sp³-hybridized carbons (Fsp3) is 0.750. The number of carbonyl (C=O) groups is 1. The third-order valence-corrected chi connectivity index (χ3v) is 0.264. The van der Waals surface area contributed by atoms with E-state index in [2.05, 4.69) is 23.2 Å². The monoisotopic (exact) mass is 174 g/mol. The zero-order valence-electron chi connectivity index (χ0n) is 4.84. The Morgan fingerprint density at radius 2 is 1.78 bits per heavy atom. The summed E-state index contributed by atoms with van der Waals surface area (Å²) >= 11 is 8.80. The summed E-state index contributed by atoms with van der Waals surface area (Å²) in [6.45, 7) is 1.39. The lowest BCUT2D eigenvalue weighted by Gasteiger charge is -1.90. The third kappa shape index (κ3) is 66.1. The molecular weight excluding hydrogens is 167 g/mol. The van der Waals surface area contributed by atoms with Gasteiger partial charge in [-0.3, -0.25) is 4.79 Å². The summed E-state index contributed by atoms with van der Waals surface area (Å²) in [4.78, 5) is 8.98. The molecule has 0 heterocycles. The fourth-order valence-corrected chi connectivity index (χ4v) is 0. The van der Waals surface area contributed by atoms with Gasteiger partial charge in [-0.1, -0.05) is 0 Å². The first-order valence-corrected chi connectivity index (χ1v) is 2.90. The van der Waals surface area contributed by atoms with E-state index in [1.165, 1.54) is 6.92 Å². The summed E-state index contributed by atoms with van der Waals surface area (Å²) in [5, 5.41) is 16.0. The highest BCUT2D eigenvalue weighted by Gasteiger charge is 1.83. The van der Waals surface area contributed by atoms with Crippen LogP contribution in [0.2, 0.25) is 0 Å². The van der Waals surface area contributed by atoms with E-state index in [1.54, 1.807) is 0 Å². The van der Waals surface area contributed by atoms with E-state index >= 15 is 0 Å². The van der Waals surface area contributed by atoms with Crippen molar-refractivity contribution in [2.75, 3.05) is 6.61 Å². The third-order valence-electron chi connectivity index (χ3n) is 0.264. The summed E-state index contributed by atoms with van der Waals surface area (Å²) in [5.74, 6) is 0. The molecule has 0 aromatic heterocycles. The van der Waals surface area contributed by atoms with Gasteiger partial charge in [-0.15, -0.1) is 0 Å². The van der Waals surface area contributed by atoms with Gasteiger partial charge in [-0.25, -0.2) is 0 Å². The highest BCUT2D eigenvalue weighted by molar-refractivity contribution is 6.93. The Balaban J connectivity index is 0. The zero-order chi connectivity index (χ0) is 7.86. The molecule has 0 radical (unpaired) electrons. The number of hydrogen-bond donors (Lipinski definition) is 2. The van der Waals surface area contributed by atoms with Crippen LogP contribution in [-0.2, 0) is 0 Å². The van der Waals surface area contributed by atoms with Crippen LogP contribution in [0.5, 0.6) is 0 Å². The van der Waals surface area contributed by atoms with E-state index in [1.807, 2.05) is 0 Å². The summed E-state index contributed by atoms with van der Waals surface area (Å²) < 4.78 is -0.889. The zero-order valence-corrected chi connectivity index (χ0v) is 6.35. The van der Waals surface area contributed by atoms with Gasteiger partial charge in [0.15, 0.2) is 0 Å². The Labute approximate surface area is 63.2 Å². The van der Waals surface area contributed by atoms with Crippen LogP contribution in [0.3, 0.4) is 0 Å². The minimum atomic E-state index is -0.889. The molecule has 0 aromatic rings. The van der Waals surface area contributed by atoms with Crippen LogP contribution in [0, 0.1) is 0 Å². The van der Waals surface area contributed by atoms with E-state index in [0.29, 0.717) is 0 Å². The highest BCUT2D eigenvalue weighted by Crippen LogP contribution is 1.84. The largest absolute Gasteiger partial charge is 0.394 e. The fourth-order valence-electron chi connectivity index (χ4n) is 0. The van der Waals surface area contributed by atoms with Gasteiger partial charge in [-0.05, 0) is 30.1 Å². The normalized spacial score (nSPS) is 11.2. The molecule has 0 saturated carbocycles. The molecule has 0 spiro atoms. The van der Waals surface area contributed by atoms with Crippen molar-refractivity contribution in [2.24, 2.45) is 0 Å². The quantitative estimate of drug-likeness (QED) is 0.583. The van der Waals surface area contributed by atoms with Gasteiger partial charge in [-0.2, -0.15) is 0 Å². The number of aliphatic hydroxyl groups is 2. The minimum absolute atomic E-state index is 0.139. The molecule has 0 bridgehead atoms. The Hall–Kier alpha value is 0.170. The van der Waals surface area contributed by atoms with Gasteiger partial charge in [0, 0.05) is 0 Å². The number of carbonyl (C=O) groups excluding carboxylic acids is 1. The molecule has 1 atom stereocenters. The molecule has 0 amide bonds. The second-order valence-corrected chi connectivity index (χ2v) is 2.14. The number of aliphatic hydroxyl groups excluding tert-OH is 2. The van der Waals surface area contributed by atoms with Crippen LogP contribution in [0.25, 0.3) is 0 Å². The van der Waals surface area contributed by atoms with Crippen molar-refractivity contribution in [2.45, 2.75) is 13.0 Å². The van der Waals surface area contributed by atoms with Crippen LogP contribution >= 0.6 is 23.2 Å². The minimum Gasteiger partial charge on any atom is -0.394 e. The Kier molecular flexibility index (Phi) is 10.8. The number of rotatable bonds is 1. The highest BCUT2D eigenvalue weighted by atomic mass is 35.5.